The van der Waals surface area contributed by atoms with Gasteiger partial charge in [-0.2, -0.15) is 0 Å². The Hall–Kier alpha value is -7.18. The van der Waals surface area contributed by atoms with Crippen LogP contribution in [-0.4, -0.2) is 106 Å². The van der Waals surface area contributed by atoms with E-state index in [4.69, 9.17) is 16.2 Å². The van der Waals surface area contributed by atoms with Crippen molar-refractivity contribution >= 4 is 47.4 Å². The lowest BCUT2D eigenvalue weighted by molar-refractivity contribution is -0.157. The number of nitrogens with two attached hydrogens (primary N) is 2. The Labute approximate surface area is 384 Å². The molecule has 4 rings (SSSR count). The number of nitrogens with one attached hydrogen (secondary N) is 6. The summed E-state index contributed by atoms with van der Waals surface area (Å²) in [5.74, 6) is -6.33. The molecular formula is C47H63N9O10. The molecule has 66 heavy (non-hydrogen) atoms. The number of ether oxygens (including phenoxy) is 1. The van der Waals surface area contributed by atoms with Crippen LogP contribution in [0.2, 0.25) is 0 Å². The Morgan fingerprint density at radius 2 is 1.27 bits per heavy atom. The first kappa shape index (κ1) is 51.5. The number of esters is 1. The molecule has 0 radical (unpaired) electrons. The third-order valence-electron chi connectivity index (χ3n) is 11.1. The Morgan fingerprint density at radius 3 is 1.82 bits per heavy atom. The lowest BCUT2D eigenvalue weighted by Gasteiger charge is -2.32. The molecule has 0 spiro atoms. The molecule has 0 saturated carbocycles. The van der Waals surface area contributed by atoms with Crippen LogP contribution >= 0.6 is 0 Å². The van der Waals surface area contributed by atoms with Crippen LogP contribution in [0.3, 0.4) is 0 Å². The van der Waals surface area contributed by atoms with Gasteiger partial charge in [-0.15, -0.1) is 0 Å². The van der Waals surface area contributed by atoms with E-state index in [9.17, 15) is 43.8 Å². The third kappa shape index (κ3) is 16.1. The normalized spacial score (nSPS) is 21.7. The number of guanidine groups is 1. The second-order valence-corrected chi connectivity index (χ2v) is 16.4. The Balaban J connectivity index is 1.83. The number of phenolic OH excluding ortho intramolecular Hbond substituents is 2. The lowest BCUT2D eigenvalue weighted by Crippen LogP contribution is -2.63. The van der Waals surface area contributed by atoms with Crippen molar-refractivity contribution in [3.8, 4) is 11.5 Å². The van der Waals surface area contributed by atoms with Crippen molar-refractivity contribution in [2.45, 2.75) is 121 Å². The first-order valence-electron chi connectivity index (χ1n) is 22.1. The monoisotopic (exact) mass is 913 g/mol. The molecular weight excluding hydrogens is 851 g/mol. The van der Waals surface area contributed by atoms with E-state index in [-0.39, 0.29) is 62.5 Å². The molecule has 356 valence electrons. The summed E-state index contributed by atoms with van der Waals surface area (Å²) >= 11 is 0. The van der Waals surface area contributed by atoms with Gasteiger partial charge in [-0.05, 0) is 73.1 Å². The van der Waals surface area contributed by atoms with Crippen molar-refractivity contribution in [1.82, 2.24) is 31.9 Å². The summed E-state index contributed by atoms with van der Waals surface area (Å²) in [7, 11) is 0. The molecule has 0 bridgehead atoms. The number of amides is 6. The molecule has 1 saturated heterocycles. The lowest BCUT2D eigenvalue weighted by atomic mass is 9.97. The highest BCUT2D eigenvalue weighted by molar-refractivity contribution is 5.97. The first-order chi connectivity index (χ1) is 31.5. The number of aromatic hydroxyl groups is 2. The van der Waals surface area contributed by atoms with Crippen LogP contribution in [0.1, 0.15) is 76.5 Å². The fraction of sp³-hybridized carbons (Fsp3) is 0.447. The Kier molecular flexibility index (Phi) is 19.8. The molecule has 1 heterocycles. The number of benzene rings is 3. The zero-order chi connectivity index (χ0) is 48.3. The number of phenols is 2. The fourth-order valence-corrected chi connectivity index (χ4v) is 7.18. The maximum Gasteiger partial charge on any atom is 0.329 e. The number of hydrogen-bond acceptors (Lipinski definition) is 11. The van der Waals surface area contributed by atoms with Gasteiger partial charge in [0.2, 0.25) is 35.4 Å². The van der Waals surface area contributed by atoms with Crippen molar-refractivity contribution in [1.29, 1.82) is 0 Å². The number of nitrogens with zero attached hydrogens (tertiary/aromatic N) is 1. The fourth-order valence-electron chi connectivity index (χ4n) is 7.18. The van der Waals surface area contributed by atoms with E-state index in [1.807, 2.05) is 6.92 Å². The molecule has 3 aromatic rings. The van der Waals surface area contributed by atoms with E-state index in [0.29, 0.717) is 29.5 Å². The van der Waals surface area contributed by atoms with Crippen molar-refractivity contribution in [3.63, 3.8) is 0 Å². The number of carbonyl (C=O) groups excluding carboxylic acids is 7. The van der Waals surface area contributed by atoms with Gasteiger partial charge in [0.25, 0.3) is 0 Å². The summed E-state index contributed by atoms with van der Waals surface area (Å²) in [6.45, 7) is 6.76. The van der Waals surface area contributed by atoms with Gasteiger partial charge in [-0.3, -0.25) is 33.8 Å². The van der Waals surface area contributed by atoms with Gasteiger partial charge in [-0.1, -0.05) is 81.8 Å². The van der Waals surface area contributed by atoms with Gasteiger partial charge in [0.05, 0.1) is 0 Å². The predicted octanol–water partition coefficient (Wildman–Crippen LogP) is 0.880. The summed E-state index contributed by atoms with van der Waals surface area (Å²) < 4.78 is 5.92. The first-order valence-corrected chi connectivity index (χ1v) is 22.1. The number of cyclic esters (lactones) is 1. The van der Waals surface area contributed by atoms with E-state index < -0.39 is 89.7 Å². The number of rotatable bonds is 17. The van der Waals surface area contributed by atoms with Gasteiger partial charge < -0.3 is 58.3 Å². The van der Waals surface area contributed by atoms with Gasteiger partial charge >= 0.3 is 5.97 Å². The van der Waals surface area contributed by atoms with Crippen LogP contribution in [0.5, 0.6) is 11.5 Å². The van der Waals surface area contributed by atoms with E-state index >= 15 is 0 Å². The van der Waals surface area contributed by atoms with Crippen molar-refractivity contribution in [3.05, 3.63) is 95.6 Å². The molecule has 6 amide bonds. The summed E-state index contributed by atoms with van der Waals surface area (Å²) in [5, 5.41) is 36.2. The van der Waals surface area contributed by atoms with Gasteiger partial charge in [0.1, 0.15) is 53.9 Å². The van der Waals surface area contributed by atoms with E-state index in [1.54, 1.807) is 56.3 Å². The molecule has 1 aliphatic heterocycles. The highest BCUT2D eigenvalue weighted by Gasteiger charge is 2.39. The van der Waals surface area contributed by atoms with Crippen LogP contribution < -0.4 is 43.4 Å². The van der Waals surface area contributed by atoms with Gasteiger partial charge in [0.15, 0.2) is 5.96 Å². The SMILES string of the molecule is CCCC(=O)N[C@H](Cc1ccccc1)C(=O)N[C@@H]1C(=O)N[C@H](Cc2ccc(O)cc2)C(=O)N[C@@H](CCCN=C(N)N)C(=O)N[C@H](Cc2ccc(O)cc2)C(=O)N[C@@H]([C@@H](C)CC)C(=O)O[C@@H]1C. The van der Waals surface area contributed by atoms with Crippen molar-refractivity contribution < 1.29 is 48.5 Å². The van der Waals surface area contributed by atoms with Gasteiger partial charge in [-0.25, -0.2) is 4.79 Å². The maximum atomic E-state index is 14.6. The molecule has 19 nitrogen and oxygen atoms in total. The summed E-state index contributed by atoms with van der Waals surface area (Å²) in [5.41, 5.74) is 12.8. The smallest absolute Gasteiger partial charge is 0.329 e. The quantitative estimate of drug-likeness (QED) is 0.0391. The standard InChI is InChI=1S/C47H63N9O10/c1-5-11-38(59)51-35(24-29-12-8-7-9-13-29)43(62)56-40-28(4)66-46(65)39(27(3)6-2)55-44(63)37(26-31-17-21-33(58)22-18-31)53-41(60)34(14-10-23-50-47(48)49)52-42(61)36(54-45(40)64)25-30-15-19-32(57)20-16-30/h7-9,12-13,15-22,27-28,34-37,39-40,57-58H,5-6,10-11,14,23-26H2,1-4H3,(H,51,59)(H,52,61)(H,53,60)(H,54,64)(H,55,63)(H,56,62)(H4,48,49,50)/t27-,28+,34-,35+,36+,37+,39-,40-/m0/s1. The summed E-state index contributed by atoms with van der Waals surface area (Å²) in [6, 6.07) is 12.4. The summed E-state index contributed by atoms with van der Waals surface area (Å²) in [4.78, 5) is 103. The molecule has 19 heteroatoms. The average Bonchev–Trinajstić information content (AvgIpc) is 3.28. The maximum absolute atomic E-state index is 14.6. The summed E-state index contributed by atoms with van der Waals surface area (Å²) in [6.07, 6.45) is -0.525. The van der Waals surface area contributed by atoms with Crippen LogP contribution in [0, 0.1) is 5.92 Å². The van der Waals surface area contributed by atoms with Crippen LogP contribution in [0.15, 0.2) is 83.9 Å². The zero-order valence-electron chi connectivity index (χ0n) is 37.8. The number of aliphatic imine (C=N–C) groups is 1. The molecule has 1 fully saturated rings. The number of hydrogen-bond donors (Lipinski definition) is 10. The molecule has 0 aliphatic carbocycles. The van der Waals surface area contributed by atoms with Crippen molar-refractivity contribution in [2.24, 2.45) is 22.4 Å². The van der Waals surface area contributed by atoms with Crippen molar-refractivity contribution in [2.75, 3.05) is 6.54 Å². The second-order valence-electron chi connectivity index (χ2n) is 16.4. The molecule has 0 unspecified atom stereocenters. The van der Waals surface area contributed by atoms with E-state index in [1.165, 1.54) is 43.3 Å². The molecule has 12 N–H and O–H groups in total. The number of carbonyl (C=O) groups is 7. The molecule has 3 aromatic carbocycles. The van der Waals surface area contributed by atoms with Crippen LogP contribution in [0.25, 0.3) is 0 Å². The van der Waals surface area contributed by atoms with E-state index in [0.717, 1.165) is 0 Å². The van der Waals surface area contributed by atoms with Crippen LogP contribution in [-0.2, 0) is 57.6 Å². The zero-order valence-corrected chi connectivity index (χ0v) is 37.8. The second kappa shape index (κ2) is 25.3. The third-order valence-corrected chi connectivity index (χ3v) is 11.1. The average molecular weight is 914 g/mol. The van der Waals surface area contributed by atoms with Crippen LogP contribution in [0.4, 0.5) is 0 Å². The minimum atomic E-state index is -1.68. The highest BCUT2D eigenvalue weighted by atomic mass is 16.5. The Morgan fingerprint density at radius 1 is 0.742 bits per heavy atom. The highest BCUT2D eigenvalue weighted by Crippen LogP contribution is 2.18. The van der Waals surface area contributed by atoms with E-state index in [2.05, 4.69) is 36.9 Å². The topological polar surface area (TPSA) is 306 Å². The Bertz CT molecular complexity index is 2150. The van der Waals surface area contributed by atoms with Gasteiger partial charge in [0, 0.05) is 32.2 Å². The largest absolute Gasteiger partial charge is 0.508 e. The molecule has 8 atom stereocenters. The molecule has 1 aliphatic rings. The minimum Gasteiger partial charge on any atom is -0.508 e. The molecule has 0 aromatic heterocycles. The predicted molar refractivity (Wildman–Crippen MR) is 245 cm³/mol. The minimum absolute atomic E-state index is 0.0288.